The van der Waals surface area contributed by atoms with Gasteiger partial charge in [0.05, 0.1) is 18.6 Å². The fourth-order valence-corrected chi connectivity index (χ4v) is 2.87. The van der Waals surface area contributed by atoms with E-state index in [-0.39, 0.29) is 18.1 Å². The second-order valence-corrected chi connectivity index (χ2v) is 5.71. The van der Waals surface area contributed by atoms with Crippen LogP contribution in [0.15, 0.2) is 18.2 Å². The van der Waals surface area contributed by atoms with Crippen molar-refractivity contribution >= 4 is 5.91 Å². The van der Waals surface area contributed by atoms with Crippen molar-refractivity contribution in [3.63, 3.8) is 0 Å². The summed E-state index contributed by atoms with van der Waals surface area (Å²) in [6.45, 7) is 6.46. The van der Waals surface area contributed by atoms with Crippen LogP contribution in [0.5, 0.6) is 11.5 Å². The molecule has 0 saturated carbocycles. The van der Waals surface area contributed by atoms with Gasteiger partial charge in [0, 0.05) is 13.1 Å². The standard InChI is InChI=1S/C16H21NO4/c1-11-9-17(10-12(2)21-11)16(18)8-13-3-4-14-15(7-13)20-6-5-19-14/h3-4,7,11-12H,5-6,8-10H2,1-2H3/t11-,12+. The molecule has 0 spiro atoms. The summed E-state index contributed by atoms with van der Waals surface area (Å²) < 4.78 is 16.7. The Morgan fingerprint density at radius 2 is 1.81 bits per heavy atom. The Kier molecular flexibility index (Phi) is 4.01. The van der Waals surface area contributed by atoms with Crippen molar-refractivity contribution in [1.29, 1.82) is 0 Å². The van der Waals surface area contributed by atoms with E-state index in [1.165, 1.54) is 0 Å². The van der Waals surface area contributed by atoms with Crippen LogP contribution in [0.3, 0.4) is 0 Å². The largest absolute Gasteiger partial charge is 0.486 e. The molecule has 114 valence electrons. The van der Waals surface area contributed by atoms with Crippen LogP contribution in [-0.2, 0) is 16.0 Å². The van der Waals surface area contributed by atoms with E-state index in [4.69, 9.17) is 14.2 Å². The molecule has 2 heterocycles. The lowest BCUT2D eigenvalue weighted by Crippen LogP contribution is -2.48. The van der Waals surface area contributed by atoms with Crippen molar-refractivity contribution < 1.29 is 19.0 Å². The molecule has 2 atom stereocenters. The molecule has 0 unspecified atom stereocenters. The number of amides is 1. The van der Waals surface area contributed by atoms with Gasteiger partial charge in [0.25, 0.3) is 0 Å². The van der Waals surface area contributed by atoms with Crippen molar-refractivity contribution in [1.82, 2.24) is 4.90 Å². The molecule has 0 aromatic heterocycles. The maximum Gasteiger partial charge on any atom is 0.227 e. The summed E-state index contributed by atoms with van der Waals surface area (Å²) in [5.74, 6) is 1.62. The summed E-state index contributed by atoms with van der Waals surface area (Å²) in [5, 5.41) is 0. The molecule has 1 amide bonds. The van der Waals surface area contributed by atoms with Crippen molar-refractivity contribution in [2.24, 2.45) is 0 Å². The number of carbonyl (C=O) groups is 1. The predicted octanol–water partition coefficient (Wildman–Crippen LogP) is 1.64. The van der Waals surface area contributed by atoms with Gasteiger partial charge in [0.15, 0.2) is 11.5 Å². The minimum Gasteiger partial charge on any atom is -0.486 e. The number of hydrogen-bond acceptors (Lipinski definition) is 4. The molecular weight excluding hydrogens is 270 g/mol. The van der Waals surface area contributed by atoms with Gasteiger partial charge < -0.3 is 19.1 Å². The third kappa shape index (κ3) is 3.29. The summed E-state index contributed by atoms with van der Waals surface area (Å²) in [6, 6.07) is 5.71. The molecule has 5 heteroatoms. The predicted molar refractivity (Wildman–Crippen MR) is 77.7 cm³/mol. The topological polar surface area (TPSA) is 48.0 Å². The fraction of sp³-hybridized carbons (Fsp3) is 0.562. The number of fused-ring (bicyclic) bond motifs is 1. The number of rotatable bonds is 2. The zero-order chi connectivity index (χ0) is 14.8. The van der Waals surface area contributed by atoms with Gasteiger partial charge in [-0.05, 0) is 31.5 Å². The molecule has 0 aliphatic carbocycles. The van der Waals surface area contributed by atoms with E-state index in [1.54, 1.807) is 0 Å². The smallest absolute Gasteiger partial charge is 0.227 e. The molecule has 5 nitrogen and oxygen atoms in total. The van der Waals surface area contributed by atoms with E-state index in [0.717, 1.165) is 17.1 Å². The molecule has 2 aliphatic rings. The highest BCUT2D eigenvalue weighted by molar-refractivity contribution is 5.79. The Hall–Kier alpha value is -1.75. The Labute approximate surface area is 124 Å². The van der Waals surface area contributed by atoms with Crippen molar-refractivity contribution in [2.45, 2.75) is 32.5 Å². The maximum atomic E-state index is 12.4. The molecule has 0 radical (unpaired) electrons. The maximum absolute atomic E-state index is 12.4. The molecule has 2 aliphatic heterocycles. The van der Waals surface area contributed by atoms with Crippen LogP contribution in [-0.4, -0.2) is 49.3 Å². The third-order valence-electron chi connectivity index (χ3n) is 3.73. The summed E-state index contributed by atoms with van der Waals surface area (Å²) >= 11 is 0. The molecule has 1 aromatic carbocycles. The van der Waals surface area contributed by atoms with Gasteiger partial charge in [-0.1, -0.05) is 6.07 Å². The van der Waals surface area contributed by atoms with E-state index in [2.05, 4.69) is 0 Å². The number of carbonyl (C=O) groups excluding carboxylic acids is 1. The first-order chi connectivity index (χ1) is 10.1. The first-order valence-electron chi connectivity index (χ1n) is 7.43. The van der Waals surface area contributed by atoms with Gasteiger partial charge in [0.2, 0.25) is 5.91 Å². The molecule has 21 heavy (non-hydrogen) atoms. The molecule has 1 fully saturated rings. The van der Waals surface area contributed by atoms with Gasteiger partial charge in [-0.15, -0.1) is 0 Å². The number of benzene rings is 1. The second-order valence-electron chi connectivity index (χ2n) is 5.71. The van der Waals surface area contributed by atoms with Gasteiger partial charge in [-0.2, -0.15) is 0 Å². The third-order valence-corrected chi connectivity index (χ3v) is 3.73. The summed E-state index contributed by atoms with van der Waals surface area (Å²) in [6.07, 6.45) is 0.576. The summed E-state index contributed by atoms with van der Waals surface area (Å²) in [5.41, 5.74) is 0.955. The highest BCUT2D eigenvalue weighted by Crippen LogP contribution is 2.31. The van der Waals surface area contributed by atoms with E-state index < -0.39 is 0 Å². The van der Waals surface area contributed by atoms with E-state index in [9.17, 15) is 4.79 Å². The van der Waals surface area contributed by atoms with Crippen LogP contribution >= 0.6 is 0 Å². The zero-order valence-electron chi connectivity index (χ0n) is 12.5. The lowest BCUT2D eigenvalue weighted by Gasteiger charge is -2.35. The fourth-order valence-electron chi connectivity index (χ4n) is 2.87. The lowest BCUT2D eigenvalue weighted by molar-refractivity contribution is -0.142. The minimum atomic E-state index is 0.0953. The van der Waals surface area contributed by atoms with Crippen LogP contribution in [0.1, 0.15) is 19.4 Å². The lowest BCUT2D eigenvalue weighted by atomic mass is 10.1. The molecular formula is C16H21NO4. The number of ether oxygens (including phenoxy) is 3. The summed E-state index contributed by atoms with van der Waals surface area (Å²) in [7, 11) is 0. The number of hydrogen-bond donors (Lipinski definition) is 0. The molecule has 1 saturated heterocycles. The highest BCUT2D eigenvalue weighted by Gasteiger charge is 2.26. The average molecular weight is 291 g/mol. The second kappa shape index (κ2) is 5.93. The summed E-state index contributed by atoms with van der Waals surface area (Å²) in [4.78, 5) is 14.3. The zero-order valence-corrected chi connectivity index (χ0v) is 12.5. The van der Waals surface area contributed by atoms with E-state index in [0.29, 0.717) is 32.7 Å². The molecule has 0 bridgehead atoms. The van der Waals surface area contributed by atoms with Crippen LogP contribution in [0.25, 0.3) is 0 Å². The SMILES string of the molecule is C[C@@H]1CN(C(=O)Cc2ccc3c(c2)OCCO3)C[C@H](C)O1. The van der Waals surface area contributed by atoms with Crippen LogP contribution in [0.4, 0.5) is 0 Å². The number of morpholine rings is 1. The Morgan fingerprint density at radius 1 is 1.14 bits per heavy atom. The van der Waals surface area contributed by atoms with Gasteiger partial charge in [-0.25, -0.2) is 0 Å². The van der Waals surface area contributed by atoms with Crippen molar-refractivity contribution in [2.75, 3.05) is 26.3 Å². The molecule has 1 aromatic rings. The van der Waals surface area contributed by atoms with Crippen molar-refractivity contribution in [3.8, 4) is 11.5 Å². The monoisotopic (exact) mass is 291 g/mol. The van der Waals surface area contributed by atoms with Crippen LogP contribution in [0, 0.1) is 0 Å². The van der Waals surface area contributed by atoms with Crippen LogP contribution in [0.2, 0.25) is 0 Å². The first kappa shape index (κ1) is 14.2. The quantitative estimate of drug-likeness (QED) is 0.831. The number of nitrogens with zero attached hydrogens (tertiary/aromatic N) is 1. The van der Waals surface area contributed by atoms with Crippen LogP contribution < -0.4 is 9.47 Å². The normalized spacial score (nSPS) is 24.8. The van der Waals surface area contributed by atoms with E-state index in [1.807, 2.05) is 36.9 Å². The van der Waals surface area contributed by atoms with Crippen molar-refractivity contribution in [3.05, 3.63) is 23.8 Å². The Balaban J connectivity index is 1.67. The Bertz CT molecular complexity index is 521. The van der Waals surface area contributed by atoms with Gasteiger partial charge in [0.1, 0.15) is 13.2 Å². The average Bonchev–Trinajstić information content (AvgIpc) is 2.46. The van der Waals surface area contributed by atoms with Gasteiger partial charge in [-0.3, -0.25) is 4.79 Å². The molecule has 0 N–H and O–H groups in total. The molecule has 3 rings (SSSR count). The van der Waals surface area contributed by atoms with Gasteiger partial charge >= 0.3 is 0 Å². The highest BCUT2D eigenvalue weighted by atomic mass is 16.6. The Morgan fingerprint density at radius 3 is 2.52 bits per heavy atom. The van der Waals surface area contributed by atoms with E-state index >= 15 is 0 Å². The first-order valence-corrected chi connectivity index (χ1v) is 7.43. The minimum absolute atomic E-state index is 0.0953.